The predicted octanol–water partition coefficient (Wildman–Crippen LogP) is 2.14. The van der Waals surface area contributed by atoms with Gasteiger partial charge >= 0.3 is 0 Å². The van der Waals surface area contributed by atoms with Crippen molar-refractivity contribution in [1.82, 2.24) is 9.80 Å². The summed E-state index contributed by atoms with van der Waals surface area (Å²) in [6.45, 7) is 4.81. The number of carbonyl (C=O) groups excluding carboxylic acids is 3. The summed E-state index contributed by atoms with van der Waals surface area (Å²) in [6.07, 6.45) is 2.95. The maximum Gasteiger partial charge on any atom is 0.231 e. The summed E-state index contributed by atoms with van der Waals surface area (Å²) in [7, 11) is 2.05. The van der Waals surface area contributed by atoms with Gasteiger partial charge in [-0.15, -0.1) is 0 Å². The van der Waals surface area contributed by atoms with Gasteiger partial charge < -0.3 is 24.6 Å². The van der Waals surface area contributed by atoms with Crippen molar-refractivity contribution in [2.75, 3.05) is 45.3 Å². The summed E-state index contributed by atoms with van der Waals surface area (Å²) >= 11 is 0. The lowest BCUT2D eigenvalue weighted by atomic mass is 9.92. The van der Waals surface area contributed by atoms with Crippen molar-refractivity contribution >= 4 is 23.3 Å². The largest absolute Gasteiger partial charge is 0.454 e. The molecule has 0 spiro atoms. The third kappa shape index (κ3) is 4.43. The monoisotopic (exact) mass is 415 g/mol. The minimum Gasteiger partial charge on any atom is -0.454 e. The molecule has 0 aliphatic carbocycles. The molecule has 0 radical (unpaired) electrons. The number of ketones is 1. The SMILES string of the molecule is CC(=O)c1cc2c(cc1NC(=O)CC1CCN(C(=O)C3CCN(C)C3)CC1)OCO2. The van der Waals surface area contributed by atoms with Gasteiger partial charge in [0.25, 0.3) is 0 Å². The number of piperidine rings is 1. The van der Waals surface area contributed by atoms with E-state index in [9.17, 15) is 14.4 Å². The Labute approximate surface area is 176 Å². The number of likely N-dealkylation sites (tertiary alicyclic amines) is 2. The molecule has 162 valence electrons. The number of nitrogens with zero attached hydrogens (tertiary/aromatic N) is 2. The first-order chi connectivity index (χ1) is 14.4. The van der Waals surface area contributed by atoms with Gasteiger partial charge in [-0.3, -0.25) is 14.4 Å². The van der Waals surface area contributed by atoms with E-state index in [1.165, 1.54) is 6.92 Å². The second-order valence-corrected chi connectivity index (χ2v) is 8.58. The van der Waals surface area contributed by atoms with Gasteiger partial charge in [-0.25, -0.2) is 0 Å². The standard InChI is InChI=1S/C22H29N3O5/c1-14(26)17-10-19-20(30-13-29-19)11-18(17)23-21(27)9-15-3-7-25(8-4-15)22(28)16-5-6-24(2)12-16/h10-11,15-16H,3-9,12-13H2,1-2H3,(H,23,27). The van der Waals surface area contributed by atoms with E-state index in [0.29, 0.717) is 42.3 Å². The Hall–Kier alpha value is -2.61. The molecular weight excluding hydrogens is 386 g/mol. The van der Waals surface area contributed by atoms with Crippen LogP contribution in [0.1, 0.15) is 43.0 Å². The number of fused-ring (bicyclic) bond motifs is 1. The van der Waals surface area contributed by atoms with Crippen molar-refractivity contribution in [1.29, 1.82) is 0 Å². The van der Waals surface area contributed by atoms with E-state index in [0.717, 1.165) is 32.4 Å². The molecule has 2 saturated heterocycles. The molecule has 0 aromatic heterocycles. The number of rotatable bonds is 5. The molecule has 8 heteroatoms. The number of Topliss-reactive ketones (excluding diaryl/α,β-unsaturated/α-hetero) is 1. The smallest absolute Gasteiger partial charge is 0.231 e. The van der Waals surface area contributed by atoms with Crippen molar-refractivity contribution in [3.63, 3.8) is 0 Å². The number of benzene rings is 1. The van der Waals surface area contributed by atoms with Gasteiger partial charge in [0.05, 0.1) is 11.6 Å². The van der Waals surface area contributed by atoms with E-state index < -0.39 is 0 Å². The van der Waals surface area contributed by atoms with Crippen LogP contribution in [0.25, 0.3) is 0 Å². The fourth-order valence-corrected chi connectivity index (χ4v) is 4.55. The summed E-state index contributed by atoms with van der Waals surface area (Å²) in [5, 5.41) is 2.87. The topological polar surface area (TPSA) is 88.2 Å². The highest BCUT2D eigenvalue weighted by atomic mass is 16.7. The van der Waals surface area contributed by atoms with E-state index in [1.54, 1.807) is 12.1 Å². The molecule has 8 nitrogen and oxygen atoms in total. The van der Waals surface area contributed by atoms with Crippen molar-refractivity contribution in [2.45, 2.75) is 32.6 Å². The highest BCUT2D eigenvalue weighted by Gasteiger charge is 2.32. The summed E-state index contributed by atoms with van der Waals surface area (Å²) in [5.41, 5.74) is 0.865. The minimum atomic E-state index is -0.145. The lowest BCUT2D eigenvalue weighted by molar-refractivity contribution is -0.136. The Morgan fingerprint density at radius 1 is 1.07 bits per heavy atom. The maximum absolute atomic E-state index is 12.7. The average molecular weight is 415 g/mol. The molecule has 2 amide bonds. The number of hydrogen-bond acceptors (Lipinski definition) is 6. The van der Waals surface area contributed by atoms with Gasteiger partial charge in [-0.2, -0.15) is 0 Å². The first-order valence-corrected chi connectivity index (χ1v) is 10.6. The van der Waals surface area contributed by atoms with Crippen LogP contribution in [0.3, 0.4) is 0 Å². The zero-order chi connectivity index (χ0) is 21.3. The number of nitrogens with one attached hydrogen (secondary N) is 1. The third-order valence-electron chi connectivity index (χ3n) is 6.31. The Balaban J connectivity index is 1.30. The molecule has 0 bridgehead atoms. The second kappa shape index (κ2) is 8.63. The molecule has 3 heterocycles. The van der Waals surface area contributed by atoms with Gasteiger partial charge in [0.15, 0.2) is 17.3 Å². The molecule has 1 N–H and O–H groups in total. The molecule has 30 heavy (non-hydrogen) atoms. The molecule has 4 rings (SSSR count). The number of ether oxygens (including phenoxy) is 2. The average Bonchev–Trinajstić information content (AvgIpc) is 3.35. The molecule has 1 aromatic carbocycles. The predicted molar refractivity (Wildman–Crippen MR) is 111 cm³/mol. The first kappa shape index (κ1) is 20.7. The van der Waals surface area contributed by atoms with Crippen LogP contribution in [0.2, 0.25) is 0 Å². The number of anilines is 1. The van der Waals surface area contributed by atoms with Crippen LogP contribution < -0.4 is 14.8 Å². The van der Waals surface area contributed by atoms with Crippen LogP contribution in [0, 0.1) is 11.8 Å². The van der Waals surface area contributed by atoms with E-state index in [-0.39, 0.29) is 36.2 Å². The molecule has 0 saturated carbocycles. The van der Waals surface area contributed by atoms with Crippen molar-refractivity contribution in [3.05, 3.63) is 17.7 Å². The van der Waals surface area contributed by atoms with Crippen LogP contribution in [0.15, 0.2) is 12.1 Å². The normalized spacial score (nSPS) is 21.7. The Bertz CT molecular complexity index is 847. The fourth-order valence-electron chi connectivity index (χ4n) is 4.55. The summed E-state index contributed by atoms with van der Waals surface area (Å²) in [5.74, 6) is 1.38. The highest BCUT2D eigenvalue weighted by Crippen LogP contribution is 2.37. The van der Waals surface area contributed by atoms with Gasteiger partial charge in [-0.05, 0) is 51.8 Å². The van der Waals surface area contributed by atoms with Crippen LogP contribution in [0.4, 0.5) is 5.69 Å². The van der Waals surface area contributed by atoms with E-state index in [2.05, 4.69) is 17.3 Å². The fraction of sp³-hybridized carbons (Fsp3) is 0.591. The highest BCUT2D eigenvalue weighted by molar-refractivity contribution is 6.04. The van der Waals surface area contributed by atoms with Crippen LogP contribution >= 0.6 is 0 Å². The van der Waals surface area contributed by atoms with Crippen LogP contribution in [0.5, 0.6) is 11.5 Å². The minimum absolute atomic E-state index is 0.110. The number of carbonyl (C=O) groups is 3. The Morgan fingerprint density at radius 3 is 2.40 bits per heavy atom. The van der Waals surface area contributed by atoms with E-state index in [1.807, 2.05) is 4.90 Å². The summed E-state index contributed by atoms with van der Waals surface area (Å²) in [4.78, 5) is 41.5. The van der Waals surface area contributed by atoms with Gasteiger partial charge in [0.2, 0.25) is 18.6 Å². The van der Waals surface area contributed by atoms with Crippen LogP contribution in [-0.2, 0) is 9.59 Å². The Kier molecular flexibility index (Phi) is 5.94. The molecule has 1 aromatic rings. The zero-order valence-corrected chi connectivity index (χ0v) is 17.6. The van der Waals surface area contributed by atoms with E-state index in [4.69, 9.17) is 9.47 Å². The maximum atomic E-state index is 12.7. The van der Waals surface area contributed by atoms with Crippen molar-refractivity contribution in [3.8, 4) is 11.5 Å². The number of hydrogen-bond donors (Lipinski definition) is 1. The van der Waals surface area contributed by atoms with Gasteiger partial charge in [0.1, 0.15) is 0 Å². The second-order valence-electron chi connectivity index (χ2n) is 8.58. The van der Waals surface area contributed by atoms with E-state index >= 15 is 0 Å². The van der Waals surface area contributed by atoms with Crippen LogP contribution in [-0.4, -0.2) is 67.4 Å². The van der Waals surface area contributed by atoms with Crippen molar-refractivity contribution in [2.24, 2.45) is 11.8 Å². The lowest BCUT2D eigenvalue weighted by Crippen LogP contribution is -2.42. The molecular formula is C22H29N3O5. The Morgan fingerprint density at radius 2 is 1.77 bits per heavy atom. The van der Waals surface area contributed by atoms with Gasteiger partial charge in [0, 0.05) is 37.7 Å². The quantitative estimate of drug-likeness (QED) is 0.742. The van der Waals surface area contributed by atoms with Crippen molar-refractivity contribution < 1.29 is 23.9 Å². The van der Waals surface area contributed by atoms with Gasteiger partial charge in [-0.1, -0.05) is 0 Å². The molecule has 2 fully saturated rings. The summed E-state index contributed by atoms with van der Waals surface area (Å²) < 4.78 is 10.7. The molecule has 1 atom stereocenters. The zero-order valence-electron chi connectivity index (χ0n) is 17.6. The molecule has 3 aliphatic heterocycles. The first-order valence-electron chi connectivity index (χ1n) is 10.6. The lowest BCUT2D eigenvalue weighted by Gasteiger charge is -2.33. The summed E-state index contributed by atoms with van der Waals surface area (Å²) in [6, 6.07) is 3.27. The molecule has 1 unspecified atom stereocenters. The molecule has 3 aliphatic rings. The number of amides is 2. The third-order valence-corrected chi connectivity index (χ3v) is 6.31.